The third-order valence-electron chi connectivity index (χ3n) is 3.46. The quantitative estimate of drug-likeness (QED) is 0.819. The Labute approximate surface area is 124 Å². The summed E-state index contributed by atoms with van der Waals surface area (Å²) in [5.41, 5.74) is 6.72. The molecule has 1 fully saturated rings. The molecular formula is C13H16Br2N2O. The van der Waals surface area contributed by atoms with E-state index in [1.807, 2.05) is 23.1 Å². The number of nitrogens with zero attached hydrogens (tertiary/aromatic N) is 1. The lowest BCUT2D eigenvalue weighted by molar-refractivity contribution is 0.0671. The minimum atomic E-state index is 0.0468. The first-order chi connectivity index (χ1) is 8.49. The normalized spacial score (nSPS) is 24.1. The number of halogens is 2. The van der Waals surface area contributed by atoms with Gasteiger partial charge in [-0.1, -0.05) is 22.9 Å². The summed E-state index contributed by atoms with van der Waals surface area (Å²) in [4.78, 5) is 14.3. The molecular weight excluding hydrogens is 360 g/mol. The highest BCUT2D eigenvalue weighted by molar-refractivity contribution is 9.11. The fourth-order valence-electron chi connectivity index (χ4n) is 2.12. The summed E-state index contributed by atoms with van der Waals surface area (Å²) in [6.45, 7) is 3.56. The average molecular weight is 376 g/mol. The van der Waals surface area contributed by atoms with Crippen LogP contribution in [-0.4, -0.2) is 29.9 Å². The first-order valence-corrected chi connectivity index (χ1v) is 7.57. The molecule has 18 heavy (non-hydrogen) atoms. The van der Waals surface area contributed by atoms with Crippen LogP contribution in [0.4, 0.5) is 0 Å². The fourth-order valence-corrected chi connectivity index (χ4v) is 2.89. The van der Waals surface area contributed by atoms with Crippen molar-refractivity contribution in [2.75, 3.05) is 13.1 Å². The van der Waals surface area contributed by atoms with E-state index in [1.165, 1.54) is 0 Å². The van der Waals surface area contributed by atoms with E-state index in [0.29, 0.717) is 18.0 Å². The number of likely N-dealkylation sites (tertiary alicyclic amines) is 1. The van der Waals surface area contributed by atoms with Crippen molar-refractivity contribution >= 4 is 37.8 Å². The van der Waals surface area contributed by atoms with Crippen LogP contribution in [0.15, 0.2) is 27.1 Å². The summed E-state index contributed by atoms with van der Waals surface area (Å²) in [6.07, 6.45) is 0.971. The molecule has 1 heterocycles. The molecule has 2 N–H and O–H groups in total. The number of hydrogen-bond donors (Lipinski definition) is 1. The maximum absolute atomic E-state index is 12.4. The van der Waals surface area contributed by atoms with Crippen LogP contribution in [0.1, 0.15) is 23.7 Å². The van der Waals surface area contributed by atoms with Crippen LogP contribution in [0.2, 0.25) is 0 Å². The molecule has 1 saturated heterocycles. The molecule has 0 bridgehead atoms. The van der Waals surface area contributed by atoms with Gasteiger partial charge in [0.25, 0.3) is 5.91 Å². The molecule has 1 amide bonds. The van der Waals surface area contributed by atoms with E-state index in [0.717, 1.165) is 21.9 Å². The van der Waals surface area contributed by atoms with Crippen LogP contribution >= 0.6 is 31.9 Å². The SMILES string of the molecule is CC1CCN(C(=O)c2cc(Br)ccc2Br)CC1N. The van der Waals surface area contributed by atoms with Gasteiger partial charge < -0.3 is 10.6 Å². The van der Waals surface area contributed by atoms with Crippen LogP contribution in [0.25, 0.3) is 0 Å². The molecule has 0 spiro atoms. The lowest BCUT2D eigenvalue weighted by atomic mass is 9.94. The van der Waals surface area contributed by atoms with Crippen LogP contribution < -0.4 is 5.73 Å². The molecule has 5 heteroatoms. The lowest BCUT2D eigenvalue weighted by Crippen LogP contribution is -2.49. The first-order valence-electron chi connectivity index (χ1n) is 5.99. The van der Waals surface area contributed by atoms with Gasteiger partial charge in [-0.2, -0.15) is 0 Å². The molecule has 2 rings (SSSR count). The highest BCUT2D eigenvalue weighted by Gasteiger charge is 2.27. The second-order valence-corrected chi connectivity index (χ2v) is 6.58. The Kier molecular flexibility index (Phi) is 4.45. The van der Waals surface area contributed by atoms with E-state index in [9.17, 15) is 4.79 Å². The van der Waals surface area contributed by atoms with E-state index in [2.05, 4.69) is 38.8 Å². The summed E-state index contributed by atoms with van der Waals surface area (Å²) in [7, 11) is 0. The van der Waals surface area contributed by atoms with Crippen LogP contribution in [-0.2, 0) is 0 Å². The predicted molar refractivity (Wildman–Crippen MR) is 79.5 cm³/mol. The van der Waals surface area contributed by atoms with Crippen molar-refractivity contribution in [3.05, 3.63) is 32.7 Å². The zero-order valence-corrected chi connectivity index (χ0v) is 13.4. The van der Waals surface area contributed by atoms with Crippen molar-refractivity contribution in [1.29, 1.82) is 0 Å². The maximum atomic E-state index is 12.4. The molecule has 3 nitrogen and oxygen atoms in total. The Bertz CT molecular complexity index is 464. The first kappa shape index (κ1) is 14.0. The third kappa shape index (κ3) is 2.95. The van der Waals surface area contributed by atoms with Gasteiger partial charge in [0, 0.05) is 28.1 Å². The van der Waals surface area contributed by atoms with Crippen LogP contribution in [0.5, 0.6) is 0 Å². The Hall–Kier alpha value is -0.390. The minimum Gasteiger partial charge on any atom is -0.337 e. The number of hydrogen-bond acceptors (Lipinski definition) is 2. The van der Waals surface area contributed by atoms with Gasteiger partial charge >= 0.3 is 0 Å². The highest BCUT2D eigenvalue weighted by atomic mass is 79.9. The Balaban J connectivity index is 2.19. The van der Waals surface area contributed by atoms with Gasteiger partial charge in [0.15, 0.2) is 0 Å². The van der Waals surface area contributed by atoms with Crippen LogP contribution in [0, 0.1) is 5.92 Å². The van der Waals surface area contributed by atoms with Gasteiger partial charge in [-0.05, 0) is 46.5 Å². The molecule has 1 aromatic carbocycles. The molecule has 0 aromatic heterocycles. The number of piperidine rings is 1. The number of carbonyl (C=O) groups is 1. The Morgan fingerprint density at radius 2 is 2.17 bits per heavy atom. The van der Waals surface area contributed by atoms with E-state index in [-0.39, 0.29) is 11.9 Å². The molecule has 0 saturated carbocycles. The summed E-state index contributed by atoms with van der Waals surface area (Å²) in [5.74, 6) is 0.533. The van der Waals surface area contributed by atoms with E-state index in [4.69, 9.17) is 5.73 Å². The summed E-state index contributed by atoms with van der Waals surface area (Å²) >= 11 is 6.82. The molecule has 2 unspecified atom stereocenters. The van der Waals surface area contributed by atoms with Crippen molar-refractivity contribution in [2.24, 2.45) is 11.7 Å². The van der Waals surface area contributed by atoms with Crippen molar-refractivity contribution < 1.29 is 4.79 Å². The number of nitrogens with two attached hydrogens (primary N) is 1. The summed E-state index contributed by atoms with van der Waals surface area (Å²) < 4.78 is 1.73. The average Bonchev–Trinajstić information content (AvgIpc) is 2.35. The van der Waals surface area contributed by atoms with E-state index < -0.39 is 0 Å². The van der Waals surface area contributed by atoms with Crippen molar-refractivity contribution in [1.82, 2.24) is 4.90 Å². The number of carbonyl (C=O) groups excluding carboxylic acids is 1. The number of amides is 1. The lowest BCUT2D eigenvalue weighted by Gasteiger charge is -2.35. The molecule has 0 aliphatic carbocycles. The standard InChI is InChI=1S/C13H16Br2N2O/c1-8-4-5-17(7-12(8)16)13(18)10-6-9(14)2-3-11(10)15/h2-3,6,8,12H,4-5,7,16H2,1H3. The topological polar surface area (TPSA) is 46.3 Å². The van der Waals surface area contributed by atoms with Gasteiger partial charge in [0.1, 0.15) is 0 Å². The number of benzene rings is 1. The van der Waals surface area contributed by atoms with Crippen molar-refractivity contribution in [2.45, 2.75) is 19.4 Å². The van der Waals surface area contributed by atoms with Gasteiger partial charge in [0.2, 0.25) is 0 Å². The highest BCUT2D eigenvalue weighted by Crippen LogP contribution is 2.25. The van der Waals surface area contributed by atoms with E-state index >= 15 is 0 Å². The molecule has 0 radical (unpaired) electrons. The largest absolute Gasteiger partial charge is 0.337 e. The monoisotopic (exact) mass is 374 g/mol. The second-order valence-electron chi connectivity index (χ2n) is 4.81. The molecule has 2 atom stereocenters. The molecule has 1 aliphatic heterocycles. The fraction of sp³-hybridized carbons (Fsp3) is 0.462. The molecule has 1 aromatic rings. The molecule has 98 valence electrons. The van der Waals surface area contributed by atoms with Crippen molar-refractivity contribution in [3.8, 4) is 0 Å². The van der Waals surface area contributed by atoms with Gasteiger partial charge in [-0.3, -0.25) is 4.79 Å². The zero-order valence-electron chi connectivity index (χ0n) is 10.2. The van der Waals surface area contributed by atoms with Crippen LogP contribution in [0.3, 0.4) is 0 Å². The van der Waals surface area contributed by atoms with E-state index in [1.54, 1.807) is 0 Å². The van der Waals surface area contributed by atoms with Gasteiger partial charge in [-0.25, -0.2) is 0 Å². The maximum Gasteiger partial charge on any atom is 0.255 e. The summed E-state index contributed by atoms with van der Waals surface area (Å²) in [5, 5.41) is 0. The zero-order chi connectivity index (χ0) is 13.3. The number of rotatable bonds is 1. The van der Waals surface area contributed by atoms with Gasteiger partial charge in [-0.15, -0.1) is 0 Å². The van der Waals surface area contributed by atoms with Gasteiger partial charge in [0.05, 0.1) is 5.56 Å². The smallest absolute Gasteiger partial charge is 0.255 e. The third-order valence-corrected chi connectivity index (χ3v) is 4.65. The van der Waals surface area contributed by atoms with Crippen molar-refractivity contribution in [3.63, 3.8) is 0 Å². The molecule has 1 aliphatic rings. The summed E-state index contributed by atoms with van der Waals surface area (Å²) in [6, 6.07) is 5.71. The Morgan fingerprint density at radius 3 is 2.83 bits per heavy atom. The second kappa shape index (κ2) is 5.72. The predicted octanol–water partition coefficient (Wildman–Crippen LogP) is 3.02. The Morgan fingerprint density at radius 1 is 1.44 bits per heavy atom. The minimum absolute atomic E-state index is 0.0468.